The van der Waals surface area contributed by atoms with Crippen LogP contribution in [0.3, 0.4) is 0 Å². The number of aryl methyl sites for hydroxylation is 2. The summed E-state index contributed by atoms with van der Waals surface area (Å²) in [6.45, 7) is 5.72. The van der Waals surface area contributed by atoms with Crippen LogP contribution in [0.4, 0.5) is 0 Å². The van der Waals surface area contributed by atoms with Crippen molar-refractivity contribution in [2.45, 2.75) is 39.5 Å². The monoisotopic (exact) mass is 241 g/mol. The lowest BCUT2D eigenvalue weighted by Crippen LogP contribution is -2.45. The standard InChI is InChI=1S/C12H19NO4/c1-7-5-10(9(3)17-7)6-13-11(8(2)14)12(15)16-4/h5,8,11,13-14H,6H2,1-4H3/t8-,11-/m1/s1. The highest BCUT2D eigenvalue weighted by Gasteiger charge is 2.24. The predicted octanol–water partition coefficient (Wildman–Crippen LogP) is 0.908. The average molecular weight is 241 g/mol. The van der Waals surface area contributed by atoms with E-state index >= 15 is 0 Å². The fourth-order valence-electron chi connectivity index (χ4n) is 1.66. The Morgan fingerprint density at radius 3 is 2.65 bits per heavy atom. The van der Waals surface area contributed by atoms with Gasteiger partial charge >= 0.3 is 5.97 Å². The SMILES string of the molecule is COC(=O)[C@H](NCc1cc(C)oc1C)[C@@H](C)O. The first-order valence-corrected chi connectivity index (χ1v) is 5.51. The summed E-state index contributed by atoms with van der Waals surface area (Å²) in [7, 11) is 1.30. The smallest absolute Gasteiger partial charge is 0.325 e. The quantitative estimate of drug-likeness (QED) is 0.750. The molecule has 0 radical (unpaired) electrons. The molecule has 17 heavy (non-hydrogen) atoms. The van der Waals surface area contributed by atoms with Crippen LogP contribution in [0.2, 0.25) is 0 Å². The van der Waals surface area contributed by atoms with Gasteiger partial charge < -0.3 is 14.3 Å². The molecule has 0 aliphatic carbocycles. The van der Waals surface area contributed by atoms with Gasteiger partial charge in [-0.25, -0.2) is 0 Å². The highest BCUT2D eigenvalue weighted by atomic mass is 16.5. The molecule has 0 fully saturated rings. The fraction of sp³-hybridized carbons (Fsp3) is 0.583. The number of rotatable bonds is 5. The number of ether oxygens (including phenoxy) is 1. The van der Waals surface area contributed by atoms with Gasteiger partial charge in [-0.2, -0.15) is 0 Å². The molecule has 0 amide bonds. The molecule has 5 heteroatoms. The van der Waals surface area contributed by atoms with Gasteiger partial charge in [0.15, 0.2) is 0 Å². The highest BCUT2D eigenvalue weighted by Crippen LogP contribution is 2.13. The van der Waals surface area contributed by atoms with Crippen LogP contribution in [-0.4, -0.2) is 30.3 Å². The zero-order valence-electron chi connectivity index (χ0n) is 10.6. The Balaban J connectivity index is 2.64. The molecule has 2 N–H and O–H groups in total. The van der Waals surface area contributed by atoms with Crippen molar-refractivity contribution in [1.82, 2.24) is 5.32 Å². The molecule has 1 heterocycles. The third kappa shape index (κ3) is 3.57. The van der Waals surface area contributed by atoms with Crippen molar-refractivity contribution in [3.05, 3.63) is 23.2 Å². The number of carbonyl (C=O) groups excluding carboxylic acids is 1. The molecule has 0 saturated carbocycles. The number of esters is 1. The minimum Gasteiger partial charge on any atom is -0.468 e. The molecule has 0 aliphatic heterocycles. The molecule has 0 aromatic carbocycles. The molecule has 0 unspecified atom stereocenters. The Labute approximate surface area is 101 Å². The van der Waals surface area contributed by atoms with Crippen LogP contribution >= 0.6 is 0 Å². The molecule has 1 aromatic heterocycles. The maximum Gasteiger partial charge on any atom is 0.325 e. The number of nitrogens with one attached hydrogen (secondary N) is 1. The van der Waals surface area contributed by atoms with Gasteiger partial charge in [-0.3, -0.25) is 10.1 Å². The molecule has 1 aromatic rings. The van der Waals surface area contributed by atoms with Crippen LogP contribution in [-0.2, 0) is 16.1 Å². The number of methoxy groups -OCH3 is 1. The van der Waals surface area contributed by atoms with Crippen molar-refractivity contribution in [3.63, 3.8) is 0 Å². The van der Waals surface area contributed by atoms with E-state index in [9.17, 15) is 9.90 Å². The lowest BCUT2D eigenvalue weighted by molar-refractivity contribution is -0.145. The van der Waals surface area contributed by atoms with Crippen molar-refractivity contribution in [1.29, 1.82) is 0 Å². The molecular formula is C12H19NO4. The van der Waals surface area contributed by atoms with Gasteiger partial charge in [0.05, 0.1) is 13.2 Å². The number of carbonyl (C=O) groups is 1. The first kappa shape index (κ1) is 13.7. The van der Waals surface area contributed by atoms with Gasteiger partial charge in [0, 0.05) is 12.1 Å². The van der Waals surface area contributed by atoms with Crippen LogP contribution in [0.25, 0.3) is 0 Å². The van der Waals surface area contributed by atoms with E-state index in [-0.39, 0.29) is 0 Å². The molecule has 0 aliphatic rings. The first-order valence-electron chi connectivity index (χ1n) is 5.51. The summed E-state index contributed by atoms with van der Waals surface area (Å²) in [5, 5.41) is 12.4. The van der Waals surface area contributed by atoms with Gasteiger partial charge in [0.1, 0.15) is 17.6 Å². The fourth-order valence-corrected chi connectivity index (χ4v) is 1.66. The molecule has 5 nitrogen and oxygen atoms in total. The summed E-state index contributed by atoms with van der Waals surface area (Å²) in [6.07, 6.45) is -0.809. The van der Waals surface area contributed by atoms with E-state index in [4.69, 9.17) is 4.42 Å². The maximum absolute atomic E-state index is 11.4. The Hall–Kier alpha value is -1.33. The lowest BCUT2D eigenvalue weighted by Gasteiger charge is -2.18. The van der Waals surface area contributed by atoms with Crippen LogP contribution in [0.1, 0.15) is 24.0 Å². The van der Waals surface area contributed by atoms with Crippen LogP contribution in [0.5, 0.6) is 0 Å². The second kappa shape index (κ2) is 5.84. The summed E-state index contributed by atoms with van der Waals surface area (Å²) in [4.78, 5) is 11.4. The van der Waals surface area contributed by atoms with Gasteiger partial charge in [-0.1, -0.05) is 0 Å². The van der Waals surface area contributed by atoms with E-state index in [0.29, 0.717) is 6.54 Å². The number of hydrogen-bond donors (Lipinski definition) is 2. The summed E-state index contributed by atoms with van der Waals surface area (Å²) in [5.41, 5.74) is 0.969. The Morgan fingerprint density at radius 2 is 2.24 bits per heavy atom. The lowest BCUT2D eigenvalue weighted by atomic mass is 10.1. The van der Waals surface area contributed by atoms with E-state index in [0.717, 1.165) is 17.1 Å². The summed E-state index contributed by atoms with van der Waals surface area (Å²) in [5.74, 6) is 1.16. The van der Waals surface area contributed by atoms with Crippen molar-refractivity contribution in [3.8, 4) is 0 Å². The van der Waals surface area contributed by atoms with Gasteiger partial charge in [-0.05, 0) is 26.8 Å². The topological polar surface area (TPSA) is 71.7 Å². The Bertz CT molecular complexity index is 384. The van der Waals surface area contributed by atoms with Gasteiger partial charge in [0.2, 0.25) is 0 Å². The van der Waals surface area contributed by atoms with Crippen molar-refractivity contribution >= 4 is 5.97 Å². The number of hydrogen-bond acceptors (Lipinski definition) is 5. The zero-order valence-corrected chi connectivity index (χ0v) is 10.6. The predicted molar refractivity (Wildman–Crippen MR) is 62.5 cm³/mol. The minimum absolute atomic E-state index is 0.452. The molecule has 2 atom stereocenters. The van der Waals surface area contributed by atoms with Crippen LogP contribution in [0, 0.1) is 13.8 Å². The number of aliphatic hydroxyl groups is 1. The second-order valence-corrected chi connectivity index (χ2v) is 4.06. The van der Waals surface area contributed by atoms with E-state index < -0.39 is 18.1 Å². The Morgan fingerprint density at radius 1 is 1.59 bits per heavy atom. The summed E-state index contributed by atoms with van der Waals surface area (Å²) < 4.78 is 9.99. The molecule has 0 saturated heterocycles. The zero-order chi connectivity index (χ0) is 13.0. The first-order chi connectivity index (χ1) is 7.95. The van der Waals surface area contributed by atoms with E-state index in [2.05, 4.69) is 10.1 Å². The largest absolute Gasteiger partial charge is 0.468 e. The molecule has 1 rings (SSSR count). The van der Waals surface area contributed by atoms with Gasteiger partial charge in [0.25, 0.3) is 0 Å². The summed E-state index contributed by atoms with van der Waals surface area (Å²) in [6, 6.07) is 1.17. The van der Waals surface area contributed by atoms with E-state index in [1.165, 1.54) is 7.11 Å². The van der Waals surface area contributed by atoms with Crippen molar-refractivity contribution in [2.75, 3.05) is 7.11 Å². The maximum atomic E-state index is 11.4. The van der Waals surface area contributed by atoms with Crippen LogP contribution in [0.15, 0.2) is 10.5 Å². The number of furan rings is 1. The molecule has 96 valence electrons. The normalized spacial score (nSPS) is 14.4. The Kier molecular flexibility index (Phi) is 4.72. The van der Waals surface area contributed by atoms with E-state index in [1.807, 2.05) is 19.9 Å². The average Bonchev–Trinajstić information content (AvgIpc) is 2.57. The van der Waals surface area contributed by atoms with Crippen molar-refractivity contribution in [2.24, 2.45) is 0 Å². The second-order valence-electron chi connectivity index (χ2n) is 4.06. The summed E-state index contributed by atoms with van der Waals surface area (Å²) >= 11 is 0. The molecular weight excluding hydrogens is 222 g/mol. The molecule has 0 spiro atoms. The van der Waals surface area contributed by atoms with E-state index in [1.54, 1.807) is 6.92 Å². The highest BCUT2D eigenvalue weighted by molar-refractivity contribution is 5.76. The third-order valence-electron chi connectivity index (χ3n) is 2.59. The molecule has 0 bridgehead atoms. The van der Waals surface area contributed by atoms with Gasteiger partial charge in [-0.15, -0.1) is 0 Å². The minimum atomic E-state index is -0.809. The third-order valence-corrected chi connectivity index (χ3v) is 2.59. The van der Waals surface area contributed by atoms with Crippen molar-refractivity contribution < 1.29 is 19.1 Å². The van der Waals surface area contributed by atoms with Crippen LogP contribution < -0.4 is 5.32 Å². The number of aliphatic hydroxyl groups excluding tert-OH is 1.